The quantitative estimate of drug-likeness (QED) is 0.0267. The third-order valence-electron chi connectivity index (χ3n) is 11.4. The van der Waals surface area contributed by atoms with E-state index in [0.29, 0.717) is 12.8 Å². The molecular weight excluding hydrogens is 695 g/mol. The number of hydrogen-bond donors (Lipinski definition) is 6. The van der Waals surface area contributed by atoms with Crippen molar-refractivity contribution < 1.29 is 39.8 Å². The molecule has 0 aromatic rings. The highest BCUT2D eigenvalue weighted by Crippen LogP contribution is 2.23. The van der Waals surface area contributed by atoms with Gasteiger partial charge in [-0.2, -0.15) is 0 Å². The average molecular weight is 784 g/mol. The standard InChI is InChI=1S/C46H89NO8/c1-3-5-7-9-11-13-15-16-17-18-19-20-21-22-23-24-26-28-30-32-34-36-42(50)47-39(38-54-46-45(53)44(52)43(51)41(37-48)55-46)40(49)35-33-31-29-27-25-14-12-10-8-6-4-2/h20-21,39-41,43-46,48-49,51-53H,3-19,22-38H2,1-2H3,(H,47,50)/b21-20-. The van der Waals surface area contributed by atoms with Crippen molar-refractivity contribution in [2.75, 3.05) is 13.2 Å². The molecule has 0 aliphatic carbocycles. The van der Waals surface area contributed by atoms with Crippen LogP contribution < -0.4 is 5.32 Å². The molecule has 1 heterocycles. The number of carbonyl (C=O) groups is 1. The second-order valence-electron chi connectivity index (χ2n) is 16.6. The molecule has 326 valence electrons. The van der Waals surface area contributed by atoms with Crippen LogP contribution in [0.4, 0.5) is 0 Å². The lowest BCUT2D eigenvalue weighted by atomic mass is 9.99. The molecule has 9 nitrogen and oxygen atoms in total. The second kappa shape index (κ2) is 37.2. The molecule has 1 aliphatic heterocycles. The van der Waals surface area contributed by atoms with E-state index in [4.69, 9.17) is 9.47 Å². The molecule has 9 heteroatoms. The number of aliphatic hydroxyl groups excluding tert-OH is 5. The molecule has 0 radical (unpaired) electrons. The van der Waals surface area contributed by atoms with E-state index >= 15 is 0 Å². The van der Waals surface area contributed by atoms with Crippen molar-refractivity contribution in [3.05, 3.63) is 12.2 Å². The Labute approximate surface area is 337 Å². The number of carbonyl (C=O) groups excluding carboxylic acids is 1. The van der Waals surface area contributed by atoms with Gasteiger partial charge in [-0.25, -0.2) is 0 Å². The maximum absolute atomic E-state index is 13.0. The maximum atomic E-state index is 13.0. The molecule has 1 aliphatic rings. The predicted octanol–water partition coefficient (Wildman–Crippen LogP) is 9.73. The molecular formula is C46H89NO8. The van der Waals surface area contributed by atoms with E-state index < -0.39 is 49.5 Å². The summed E-state index contributed by atoms with van der Waals surface area (Å²) in [5.41, 5.74) is 0. The molecule has 0 aromatic heterocycles. The summed E-state index contributed by atoms with van der Waals surface area (Å²) in [6.07, 6.45) is 35.1. The lowest BCUT2D eigenvalue weighted by Crippen LogP contribution is -2.60. The summed E-state index contributed by atoms with van der Waals surface area (Å²) < 4.78 is 11.2. The van der Waals surface area contributed by atoms with Gasteiger partial charge in [0.15, 0.2) is 6.29 Å². The first-order chi connectivity index (χ1) is 26.8. The largest absolute Gasteiger partial charge is 0.394 e. The normalized spacial score (nSPS) is 21.3. The van der Waals surface area contributed by atoms with Gasteiger partial charge in [-0.15, -0.1) is 0 Å². The first kappa shape index (κ1) is 51.9. The van der Waals surface area contributed by atoms with Gasteiger partial charge in [0, 0.05) is 6.42 Å². The molecule has 6 N–H and O–H groups in total. The van der Waals surface area contributed by atoms with Gasteiger partial charge in [-0.05, 0) is 38.5 Å². The molecule has 0 saturated carbocycles. The fraction of sp³-hybridized carbons (Fsp3) is 0.935. The fourth-order valence-electron chi connectivity index (χ4n) is 7.57. The number of aliphatic hydroxyl groups is 5. The van der Waals surface area contributed by atoms with Crippen molar-refractivity contribution >= 4 is 5.91 Å². The first-order valence-electron chi connectivity index (χ1n) is 23.4. The van der Waals surface area contributed by atoms with E-state index in [0.717, 1.165) is 38.5 Å². The molecule has 1 fully saturated rings. The highest BCUT2D eigenvalue weighted by molar-refractivity contribution is 5.76. The highest BCUT2D eigenvalue weighted by Gasteiger charge is 2.44. The van der Waals surface area contributed by atoms with Crippen LogP contribution in [-0.2, 0) is 14.3 Å². The number of allylic oxidation sites excluding steroid dienone is 2. The van der Waals surface area contributed by atoms with Gasteiger partial charge >= 0.3 is 0 Å². The predicted molar refractivity (Wildman–Crippen MR) is 226 cm³/mol. The van der Waals surface area contributed by atoms with E-state index in [1.165, 1.54) is 154 Å². The van der Waals surface area contributed by atoms with Crippen molar-refractivity contribution in [1.29, 1.82) is 0 Å². The first-order valence-corrected chi connectivity index (χ1v) is 23.4. The molecule has 0 aromatic carbocycles. The Morgan fingerprint density at radius 2 is 1.02 bits per heavy atom. The third-order valence-corrected chi connectivity index (χ3v) is 11.4. The zero-order valence-electron chi connectivity index (χ0n) is 35.7. The lowest BCUT2D eigenvalue weighted by molar-refractivity contribution is -0.302. The van der Waals surface area contributed by atoms with Crippen LogP contribution in [0.5, 0.6) is 0 Å². The molecule has 1 rings (SSSR count). The molecule has 0 bridgehead atoms. The summed E-state index contributed by atoms with van der Waals surface area (Å²) in [4.78, 5) is 13.0. The Morgan fingerprint density at radius 1 is 0.600 bits per heavy atom. The minimum absolute atomic E-state index is 0.137. The number of unbranched alkanes of at least 4 members (excludes halogenated alkanes) is 27. The van der Waals surface area contributed by atoms with Crippen molar-refractivity contribution in [1.82, 2.24) is 5.32 Å². The Kier molecular flexibility index (Phi) is 35.2. The summed E-state index contributed by atoms with van der Waals surface area (Å²) in [6, 6.07) is -0.716. The number of nitrogens with one attached hydrogen (secondary N) is 1. The van der Waals surface area contributed by atoms with Gasteiger partial charge in [0.25, 0.3) is 0 Å². The molecule has 1 amide bonds. The van der Waals surface area contributed by atoms with E-state index in [9.17, 15) is 30.3 Å². The minimum Gasteiger partial charge on any atom is -0.394 e. The van der Waals surface area contributed by atoms with Gasteiger partial charge < -0.3 is 40.3 Å². The number of rotatable bonds is 39. The van der Waals surface area contributed by atoms with Gasteiger partial charge in [0.2, 0.25) is 5.91 Å². The fourth-order valence-corrected chi connectivity index (χ4v) is 7.57. The SMILES string of the molecule is CCCCCCCCCCCC/C=C\CCCCCCCCCC(=O)NC(COC1OC(CO)C(O)C(O)C1O)C(O)CCCCCCCCCCCCC. The van der Waals surface area contributed by atoms with Crippen molar-refractivity contribution in [3.8, 4) is 0 Å². The molecule has 1 saturated heterocycles. The molecule has 7 atom stereocenters. The minimum atomic E-state index is -1.55. The summed E-state index contributed by atoms with van der Waals surface area (Å²) in [6.45, 7) is 3.83. The van der Waals surface area contributed by atoms with Crippen LogP contribution in [0.2, 0.25) is 0 Å². The van der Waals surface area contributed by atoms with Crippen LogP contribution in [-0.4, -0.2) is 87.5 Å². The summed E-state index contributed by atoms with van der Waals surface area (Å²) in [5, 5.41) is 54.3. The van der Waals surface area contributed by atoms with Crippen LogP contribution in [0.1, 0.15) is 219 Å². The van der Waals surface area contributed by atoms with Crippen LogP contribution >= 0.6 is 0 Å². The van der Waals surface area contributed by atoms with Crippen LogP contribution in [0, 0.1) is 0 Å². The Morgan fingerprint density at radius 3 is 1.47 bits per heavy atom. The Bertz CT molecular complexity index is 873. The Hall–Kier alpha value is -1.07. The smallest absolute Gasteiger partial charge is 0.220 e. The number of ether oxygens (including phenoxy) is 2. The highest BCUT2D eigenvalue weighted by atomic mass is 16.7. The van der Waals surface area contributed by atoms with Crippen LogP contribution in [0.25, 0.3) is 0 Å². The lowest BCUT2D eigenvalue weighted by Gasteiger charge is -2.40. The van der Waals surface area contributed by atoms with Crippen molar-refractivity contribution in [3.63, 3.8) is 0 Å². The second-order valence-corrected chi connectivity index (χ2v) is 16.6. The number of amides is 1. The zero-order chi connectivity index (χ0) is 40.2. The van der Waals surface area contributed by atoms with Gasteiger partial charge in [-0.3, -0.25) is 4.79 Å². The summed E-state index contributed by atoms with van der Waals surface area (Å²) in [7, 11) is 0. The van der Waals surface area contributed by atoms with Gasteiger partial charge in [0.1, 0.15) is 24.4 Å². The van der Waals surface area contributed by atoms with E-state index in [1.54, 1.807) is 0 Å². The molecule has 7 unspecified atom stereocenters. The van der Waals surface area contributed by atoms with E-state index in [1.807, 2.05) is 0 Å². The average Bonchev–Trinajstić information content (AvgIpc) is 3.18. The molecule has 55 heavy (non-hydrogen) atoms. The van der Waals surface area contributed by atoms with E-state index in [2.05, 4.69) is 31.3 Å². The third kappa shape index (κ3) is 28.1. The Balaban J connectivity index is 2.27. The van der Waals surface area contributed by atoms with Crippen LogP contribution in [0.3, 0.4) is 0 Å². The number of hydrogen-bond acceptors (Lipinski definition) is 8. The molecule has 0 spiro atoms. The van der Waals surface area contributed by atoms with Gasteiger partial charge in [-0.1, -0.05) is 187 Å². The monoisotopic (exact) mass is 784 g/mol. The topological polar surface area (TPSA) is 149 Å². The summed E-state index contributed by atoms with van der Waals surface area (Å²) >= 11 is 0. The summed E-state index contributed by atoms with van der Waals surface area (Å²) in [5.74, 6) is -0.148. The zero-order valence-corrected chi connectivity index (χ0v) is 35.7. The van der Waals surface area contributed by atoms with Crippen LogP contribution in [0.15, 0.2) is 12.2 Å². The van der Waals surface area contributed by atoms with Gasteiger partial charge in [0.05, 0.1) is 25.4 Å². The van der Waals surface area contributed by atoms with Crippen molar-refractivity contribution in [2.24, 2.45) is 0 Å². The maximum Gasteiger partial charge on any atom is 0.220 e. The van der Waals surface area contributed by atoms with Crippen molar-refractivity contribution in [2.45, 2.75) is 262 Å². The van der Waals surface area contributed by atoms with E-state index in [-0.39, 0.29) is 12.5 Å².